The Balaban J connectivity index is 3.37. The molecule has 0 saturated heterocycles. The number of hydrogen-bond acceptors (Lipinski definition) is 5. The van der Waals surface area contributed by atoms with E-state index in [1.54, 1.807) is 6.92 Å². The normalized spacial score (nSPS) is 12.2. The molecule has 9 heavy (non-hydrogen) atoms. The van der Waals surface area contributed by atoms with Gasteiger partial charge in [-0.15, -0.1) is 4.91 Å². The van der Waals surface area contributed by atoms with E-state index < -0.39 is 11.4 Å². The number of hydrogen-bond donors (Lipinski definition) is 0. The fourth-order valence-corrected chi connectivity index (χ4v) is 0.616. The zero-order chi connectivity index (χ0) is 7.28. The minimum atomic E-state index is -0.472. The Bertz CT molecular complexity index is 116. The van der Waals surface area contributed by atoms with Gasteiger partial charge in [0.1, 0.15) is 0 Å². The highest BCUT2D eigenvalue weighted by atomic mass is 32.2. The summed E-state index contributed by atoms with van der Waals surface area (Å²) in [6, 6.07) is 0. The van der Waals surface area contributed by atoms with Crippen molar-refractivity contribution in [3.8, 4) is 0 Å². The fraction of sp³-hybridized carbons (Fsp3) is 0.750. The largest absolute Gasteiger partial charge is 0.450 e. The van der Waals surface area contributed by atoms with Crippen LogP contribution in [-0.2, 0) is 9.53 Å². The number of carbonyl (C=O) groups is 1. The molecule has 0 saturated carbocycles. The number of ether oxygens (including phenoxy) is 1. The third kappa shape index (κ3) is 5.29. The van der Waals surface area contributed by atoms with Gasteiger partial charge in [0.05, 0.1) is 11.9 Å². The lowest BCUT2D eigenvalue weighted by Crippen LogP contribution is -2.06. The Morgan fingerprint density at radius 1 is 1.78 bits per heavy atom. The van der Waals surface area contributed by atoms with Crippen LogP contribution in [0.4, 0.5) is 0 Å². The minimum absolute atomic E-state index is 0.404. The first kappa shape index (κ1) is 8.42. The second-order valence-electron chi connectivity index (χ2n) is 1.36. The molecule has 5 heteroatoms. The molecule has 0 spiro atoms. The van der Waals surface area contributed by atoms with E-state index in [1.165, 1.54) is 6.92 Å². The van der Waals surface area contributed by atoms with E-state index in [0.717, 1.165) is 0 Å². The maximum absolute atomic E-state index is 10.1. The molecule has 0 rings (SSSR count). The van der Waals surface area contributed by atoms with Crippen molar-refractivity contribution in [1.29, 1.82) is 0 Å². The van der Waals surface area contributed by atoms with Gasteiger partial charge in [-0.3, -0.25) is 4.79 Å². The van der Waals surface area contributed by atoms with Crippen LogP contribution in [0.1, 0.15) is 13.8 Å². The number of rotatable bonds is 3. The average molecular weight is 149 g/mol. The van der Waals surface area contributed by atoms with Gasteiger partial charge in [-0.1, -0.05) is 0 Å². The van der Waals surface area contributed by atoms with Crippen molar-refractivity contribution in [2.45, 2.75) is 19.3 Å². The maximum atomic E-state index is 10.1. The molecular formula is C4H7NO3S. The summed E-state index contributed by atoms with van der Waals surface area (Å²) in [5.74, 6) is -0.404. The first-order valence-corrected chi connectivity index (χ1v) is 3.16. The van der Waals surface area contributed by atoms with E-state index >= 15 is 0 Å². The third-order valence-electron chi connectivity index (χ3n) is 0.523. The molecule has 0 N–H and O–H groups in total. The lowest BCUT2D eigenvalue weighted by molar-refractivity contribution is -0.141. The molecule has 0 aromatic carbocycles. The summed E-state index contributed by atoms with van der Waals surface area (Å²) >= 11 is 0.686. The molecule has 52 valence electrons. The molecule has 1 unspecified atom stereocenters. The zero-order valence-corrected chi connectivity index (χ0v) is 5.97. The summed E-state index contributed by atoms with van der Waals surface area (Å²) in [6.07, 6.45) is 0. The van der Waals surface area contributed by atoms with Crippen molar-refractivity contribution >= 4 is 17.9 Å². The molecule has 0 amide bonds. The Kier molecular flexibility index (Phi) is 4.04. The average Bonchev–Trinajstić information content (AvgIpc) is 1.63. The number of esters is 1. The molecule has 0 heterocycles. The Morgan fingerprint density at radius 3 is 2.67 bits per heavy atom. The van der Waals surface area contributed by atoms with E-state index in [2.05, 4.69) is 9.32 Å². The number of carbonyl (C=O) groups excluding carboxylic acids is 1. The van der Waals surface area contributed by atoms with Gasteiger partial charge < -0.3 is 4.74 Å². The van der Waals surface area contributed by atoms with Crippen LogP contribution in [0, 0.1) is 4.91 Å². The van der Waals surface area contributed by atoms with Crippen LogP contribution in [0.5, 0.6) is 0 Å². The van der Waals surface area contributed by atoms with Crippen LogP contribution >= 0.6 is 11.9 Å². The maximum Gasteiger partial charge on any atom is 0.303 e. The minimum Gasteiger partial charge on any atom is -0.450 e. The van der Waals surface area contributed by atoms with Gasteiger partial charge >= 0.3 is 5.97 Å². The molecule has 4 nitrogen and oxygen atoms in total. The zero-order valence-electron chi connectivity index (χ0n) is 5.16. The summed E-state index contributed by atoms with van der Waals surface area (Å²) < 4.78 is 7.00. The quantitative estimate of drug-likeness (QED) is 0.263. The topological polar surface area (TPSA) is 55.7 Å². The fourth-order valence-electron chi connectivity index (χ4n) is 0.316. The van der Waals surface area contributed by atoms with E-state index in [4.69, 9.17) is 0 Å². The summed E-state index contributed by atoms with van der Waals surface area (Å²) in [5, 5.41) is 0. The second-order valence-corrected chi connectivity index (χ2v) is 2.38. The van der Waals surface area contributed by atoms with Gasteiger partial charge in [0, 0.05) is 11.5 Å². The van der Waals surface area contributed by atoms with Gasteiger partial charge in [-0.05, 0) is 6.92 Å². The van der Waals surface area contributed by atoms with E-state index in [0.29, 0.717) is 11.9 Å². The molecule has 0 bridgehead atoms. The highest BCUT2D eigenvalue weighted by molar-refractivity contribution is 7.98. The predicted octanol–water partition coefficient (Wildman–Crippen LogP) is 1.31. The molecule has 0 aliphatic rings. The number of nitrogens with zero attached hydrogens (tertiary/aromatic N) is 1. The predicted molar refractivity (Wildman–Crippen MR) is 34.6 cm³/mol. The molecule has 0 aliphatic carbocycles. The van der Waals surface area contributed by atoms with E-state index in [1.807, 2.05) is 0 Å². The molecule has 0 radical (unpaired) electrons. The molecule has 0 aliphatic heterocycles. The van der Waals surface area contributed by atoms with Crippen molar-refractivity contribution in [3.05, 3.63) is 4.91 Å². The molecular weight excluding hydrogens is 142 g/mol. The molecule has 1 atom stereocenters. The highest BCUT2D eigenvalue weighted by Crippen LogP contribution is 2.11. The van der Waals surface area contributed by atoms with Gasteiger partial charge in [-0.25, -0.2) is 0 Å². The van der Waals surface area contributed by atoms with Gasteiger partial charge in [-0.2, -0.15) is 0 Å². The Morgan fingerprint density at radius 2 is 2.33 bits per heavy atom. The third-order valence-corrected chi connectivity index (χ3v) is 1.00. The van der Waals surface area contributed by atoms with Crippen LogP contribution in [0.25, 0.3) is 0 Å². The van der Waals surface area contributed by atoms with Crippen LogP contribution < -0.4 is 0 Å². The van der Waals surface area contributed by atoms with Crippen molar-refractivity contribution in [2.75, 3.05) is 0 Å². The van der Waals surface area contributed by atoms with Crippen LogP contribution in [0.15, 0.2) is 4.58 Å². The smallest absolute Gasteiger partial charge is 0.303 e. The van der Waals surface area contributed by atoms with Crippen LogP contribution in [0.3, 0.4) is 0 Å². The Hall–Kier alpha value is -0.580. The van der Waals surface area contributed by atoms with Gasteiger partial charge in [0.15, 0.2) is 5.44 Å². The number of nitroso groups, excluding NO2 is 1. The molecule has 0 aromatic heterocycles. The van der Waals surface area contributed by atoms with Crippen molar-refractivity contribution in [3.63, 3.8) is 0 Å². The molecule has 0 aromatic rings. The summed E-state index contributed by atoms with van der Waals surface area (Å²) in [6.45, 7) is 2.86. The van der Waals surface area contributed by atoms with Crippen LogP contribution in [0.2, 0.25) is 0 Å². The summed E-state index contributed by atoms with van der Waals surface area (Å²) in [7, 11) is 0. The van der Waals surface area contributed by atoms with Gasteiger partial charge in [0.2, 0.25) is 0 Å². The van der Waals surface area contributed by atoms with Crippen molar-refractivity contribution in [1.82, 2.24) is 0 Å². The van der Waals surface area contributed by atoms with Crippen LogP contribution in [-0.4, -0.2) is 11.4 Å². The lowest BCUT2D eigenvalue weighted by Gasteiger charge is -2.03. The lowest BCUT2D eigenvalue weighted by atomic mass is 10.8. The van der Waals surface area contributed by atoms with E-state index in [9.17, 15) is 9.70 Å². The van der Waals surface area contributed by atoms with Crippen molar-refractivity contribution < 1.29 is 9.53 Å². The SMILES string of the molecule is CC(=O)OC(C)SN=O. The van der Waals surface area contributed by atoms with E-state index in [-0.39, 0.29) is 0 Å². The molecule has 0 fully saturated rings. The van der Waals surface area contributed by atoms with Gasteiger partial charge in [0.25, 0.3) is 0 Å². The summed E-state index contributed by atoms with van der Waals surface area (Å²) in [4.78, 5) is 19.7. The first-order chi connectivity index (χ1) is 4.16. The standard InChI is InChI=1S/C4H7NO3S/c1-3(6)8-4(2)9-5-7/h4H,1-2H3. The monoisotopic (exact) mass is 149 g/mol. The van der Waals surface area contributed by atoms with Crippen molar-refractivity contribution in [2.24, 2.45) is 4.58 Å². The highest BCUT2D eigenvalue weighted by Gasteiger charge is 2.04. The Labute approximate surface area is 57.1 Å². The second kappa shape index (κ2) is 4.31. The first-order valence-electron chi connectivity index (χ1n) is 2.32. The summed E-state index contributed by atoms with van der Waals surface area (Å²) in [5.41, 5.74) is -0.472.